The largest absolute Gasteiger partial charge is 0.346 e. The molecule has 2 N–H and O–H groups in total. The van der Waals surface area contributed by atoms with Crippen LogP contribution in [0, 0.1) is 0 Å². The number of rotatable bonds is 5. The maximum atomic E-state index is 12.0. The maximum Gasteiger partial charge on any atom is 0.272 e. The van der Waals surface area contributed by atoms with Crippen LogP contribution < -0.4 is 5.32 Å². The molecule has 6 nitrogen and oxygen atoms in total. The monoisotopic (exact) mass is 259 g/mol. The van der Waals surface area contributed by atoms with E-state index in [9.17, 15) is 4.79 Å². The standard InChI is InChI=1S/C13H17N5O/c1-9(8-18-6-2-5-14-18)15-13(19)12-7-11(16-17-12)10-3-4-10/h2,5-7,9-10H,3-4,8H2,1H3,(H,15,19)(H,16,17)/t9-/m1/s1. The van der Waals surface area contributed by atoms with E-state index in [0.29, 0.717) is 18.2 Å². The Morgan fingerprint density at radius 3 is 3.16 bits per heavy atom. The second-order valence-electron chi connectivity index (χ2n) is 5.09. The molecular weight excluding hydrogens is 242 g/mol. The van der Waals surface area contributed by atoms with Gasteiger partial charge in [0, 0.05) is 30.0 Å². The first-order valence-corrected chi connectivity index (χ1v) is 6.56. The summed E-state index contributed by atoms with van der Waals surface area (Å²) >= 11 is 0. The van der Waals surface area contributed by atoms with E-state index in [4.69, 9.17) is 0 Å². The van der Waals surface area contributed by atoms with Crippen molar-refractivity contribution in [2.45, 2.75) is 38.3 Å². The molecule has 1 saturated carbocycles. The van der Waals surface area contributed by atoms with E-state index in [0.717, 1.165) is 5.69 Å². The minimum atomic E-state index is -0.136. The molecule has 0 spiro atoms. The lowest BCUT2D eigenvalue weighted by Gasteiger charge is -2.12. The highest BCUT2D eigenvalue weighted by Crippen LogP contribution is 2.38. The van der Waals surface area contributed by atoms with Gasteiger partial charge in [-0.3, -0.25) is 14.6 Å². The number of nitrogens with one attached hydrogen (secondary N) is 2. The fourth-order valence-corrected chi connectivity index (χ4v) is 2.09. The molecular formula is C13H17N5O. The molecule has 2 heterocycles. The number of hydrogen-bond donors (Lipinski definition) is 2. The highest BCUT2D eigenvalue weighted by atomic mass is 16.2. The number of aromatic nitrogens is 4. The van der Waals surface area contributed by atoms with Crippen molar-refractivity contribution >= 4 is 5.91 Å². The summed E-state index contributed by atoms with van der Waals surface area (Å²) in [6.07, 6.45) is 5.99. The van der Waals surface area contributed by atoms with Crippen molar-refractivity contribution in [1.29, 1.82) is 0 Å². The van der Waals surface area contributed by atoms with E-state index in [1.54, 1.807) is 10.9 Å². The minimum absolute atomic E-state index is 0.00785. The molecule has 2 aromatic heterocycles. The second-order valence-corrected chi connectivity index (χ2v) is 5.09. The predicted molar refractivity (Wildman–Crippen MR) is 69.7 cm³/mol. The van der Waals surface area contributed by atoms with Gasteiger partial charge in [0.1, 0.15) is 5.69 Å². The fraction of sp³-hybridized carbons (Fsp3) is 0.462. The van der Waals surface area contributed by atoms with Gasteiger partial charge in [-0.15, -0.1) is 0 Å². The Kier molecular flexibility index (Phi) is 3.06. The smallest absolute Gasteiger partial charge is 0.272 e. The van der Waals surface area contributed by atoms with Crippen molar-refractivity contribution in [2.75, 3.05) is 0 Å². The van der Waals surface area contributed by atoms with Crippen LogP contribution in [0.1, 0.15) is 41.9 Å². The average molecular weight is 259 g/mol. The quantitative estimate of drug-likeness (QED) is 0.849. The van der Waals surface area contributed by atoms with E-state index in [1.807, 2.05) is 25.3 Å². The zero-order chi connectivity index (χ0) is 13.2. The van der Waals surface area contributed by atoms with Gasteiger partial charge < -0.3 is 5.32 Å². The number of amides is 1. The van der Waals surface area contributed by atoms with Gasteiger partial charge in [0.25, 0.3) is 5.91 Å². The average Bonchev–Trinajstić information content (AvgIpc) is 2.91. The van der Waals surface area contributed by atoms with E-state index in [-0.39, 0.29) is 11.9 Å². The van der Waals surface area contributed by atoms with Crippen molar-refractivity contribution in [3.63, 3.8) is 0 Å². The summed E-state index contributed by atoms with van der Waals surface area (Å²) < 4.78 is 1.80. The van der Waals surface area contributed by atoms with Crippen LogP contribution in [-0.2, 0) is 6.54 Å². The lowest BCUT2D eigenvalue weighted by molar-refractivity contribution is 0.0931. The van der Waals surface area contributed by atoms with Gasteiger partial charge in [-0.25, -0.2) is 0 Å². The van der Waals surface area contributed by atoms with Crippen molar-refractivity contribution in [2.24, 2.45) is 0 Å². The van der Waals surface area contributed by atoms with Gasteiger partial charge in [-0.1, -0.05) is 0 Å². The van der Waals surface area contributed by atoms with Gasteiger partial charge in [-0.05, 0) is 31.9 Å². The molecule has 1 fully saturated rings. The van der Waals surface area contributed by atoms with E-state index in [2.05, 4.69) is 20.6 Å². The van der Waals surface area contributed by atoms with E-state index < -0.39 is 0 Å². The van der Waals surface area contributed by atoms with E-state index in [1.165, 1.54) is 12.8 Å². The van der Waals surface area contributed by atoms with Crippen molar-refractivity contribution < 1.29 is 4.79 Å². The van der Waals surface area contributed by atoms with Crippen LogP contribution in [0.5, 0.6) is 0 Å². The summed E-state index contributed by atoms with van der Waals surface area (Å²) in [7, 11) is 0. The Morgan fingerprint density at radius 1 is 1.63 bits per heavy atom. The highest BCUT2D eigenvalue weighted by Gasteiger charge is 2.26. The first kappa shape index (κ1) is 12.0. The first-order chi connectivity index (χ1) is 9.22. The minimum Gasteiger partial charge on any atom is -0.346 e. The molecule has 1 atom stereocenters. The number of nitrogens with zero attached hydrogens (tertiary/aromatic N) is 3. The molecule has 2 aromatic rings. The summed E-state index contributed by atoms with van der Waals surface area (Å²) in [6.45, 7) is 2.60. The highest BCUT2D eigenvalue weighted by molar-refractivity contribution is 5.92. The predicted octanol–water partition coefficient (Wildman–Crippen LogP) is 1.30. The molecule has 1 amide bonds. The molecule has 0 aromatic carbocycles. The molecule has 19 heavy (non-hydrogen) atoms. The van der Waals surface area contributed by atoms with E-state index >= 15 is 0 Å². The molecule has 0 aliphatic heterocycles. The van der Waals surface area contributed by atoms with Crippen molar-refractivity contribution in [1.82, 2.24) is 25.3 Å². The molecule has 1 aliphatic carbocycles. The Labute approximate surface area is 111 Å². The van der Waals surface area contributed by atoms with Crippen LogP contribution >= 0.6 is 0 Å². The van der Waals surface area contributed by atoms with Crippen molar-refractivity contribution in [3.05, 3.63) is 35.9 Å². The van der Waals surface area contributed by atoms with Gasteiger partial charge in [0.2, 0.25) is 0 Å². The van der Waals surface area contributed by atoms with Gasteiger partial charge >= 0.3 is 0 Å². The third kappa shape index (κ3) is 2.83. The van der Waals surface area contributed by atoms with Crippen LogP contribution in [0.4, 0.5) is 0 Å². The Hall–Kier alpha value is -2.11. The molecule has 6 heteroatoms. The Morgan fingerprint density at radius 2 is 2.47 bits per heavy atom. The third-order valence-corrected chi connectivity index (χ3v) is 3.25. The molecule has 0 bridgehead atoms. The lowest BCUT2D eigenvalue weighted by Crippen LogP contribution is -2.36. The second kappa shape index (κ2) is 4.87. The van der Waals surface area contributed by atoms with Gasteiger partial charge in [0.15, 0.2) is 0 Å². The lowest BCUT2D eigenvalue weighted by atomic mass is 10.2. The summed E-state index contributed by atoms with van der Waals surface area (Å²) in [5.74, 6) is 0.443. The summed E-state index contributed by atoms with van der Waals surface area (Å²) in [5.41, 5.74) is 1.54. The molecule has 100 valence electrons. The summed E-state index contributed by atoms with van der Waals surface area (Å²) in [6, 6.07) is 3.73. The van der Waals surface area contributed by atoms with Gasteiger partial charge in [0.05, 0.1) is 6.54 Å². The zero-order valence-electron chi connectivity index (χ0n) is 10.8. The first-order valence-electron chi connectivity index (χ1n) is 6.56. The topological polar surface area (TPSA) is 75.6 Å². The zero-order valence-corrected chi connectivity index (χ0v) is 10.8. The van der Waals surface area contributed by atoms with Crippen LogP contribution in [0.3, 0.4) is 0 Å². The molecule has 0 radical (unpaired) electrons. The van der Waals surface area contributed by atoms with Gasteiger partial charge in [-0.2, -0.15) is 10.2 Å². The Bertz CT molecular complexity index is 555. The van der Waals surface area contributed by atoms with Crippen LogP contribution in [-0.4, -0.2) is 31.9 Å². The summed E-state index contributed by atoms with van der Waals surface area (Å²) in [4.78, 5) is 12.0. The molecule has 3 rings (SSSR count). The SMILES string of the molecule is C[C@H](Cn1cccn1)NC(=O)c1cc(C2CC2)[nH]n1. The summed E-state index contributed by atoms with van der Waals surface area (Å²) in [5, 5.41) is 14.0. The third-order valence-electron chi connectivity index (χ3n) is 3.25. The molecule has 0 unspecified atom stereocenters. The van der Waals surface area contributed by atoms with Crippen LogP contribution in [0.15, 0.2) is 24.5 Å². The molecule has 0 saturated heterocycles. The number of carbonyl (C=O) groups excluding carboxylic acids is 1. The number of carbonyl (C=O) groups is 1. The molecule has 1 aliphatic rings. The Balaban J connectivity index is 1.57. The fourth-order valence-electron chi connectivity index (χ4n) is 2.09. The van der Waals surface area contributed by atoms with Crippen LogP contribution in [0.2, 0.25) is 0 Å². The van der Waals surface area contributed by atoms with Crippen LogP contribution in [0.25, 0.3) is 0 Å². The number of aromatic amines is 1. The number of hydrogen-bond acceptors (Lipinski definition) is 3. The number of H-pyrrole nitrogens is 1. The maximum absolute atomic E-state index is 12.0. The normalized spacial score (nSPS) is 16.3. The van der Waals surface area contributed by atoms with Crippen molar-refractivity contribution in [3.8, 4) is 0 Å².